The van der Waals surface area contributed by atoms with Gasteiger partial charge in [-0.05, 0) is 0 Å². The number of ether oxygens (including phenoxy) is 1. The zero-order valence-electron chi connectivity index (χ0n) is 6.99. The van der Waals surface area contributed by atoms with Crippen molar-refractivity contribution in [3.05, 3.63) is 0 Å². The van der Waals surface area contributed by atoms with Gasteiger partial charge in [0.15, 0.2) is 5.96 Å². The minimum absolute atomic E-state index is 0.0231. The van der Waals surface area contributed by atoms with Crippen molar-refractivity contribution in [2.45, 2.75) is 18.4 Å². The zero-order valence-corrected chi connectivity index (χ0v) is 6.99. The molecular formula is C7H15N3O2. The number of rotatable bonds is 2. The summed E-state index contributed by atoms with van der Waals surface area (Å²) in [4.78, 5) is 3.79. The van der Waals surface area contributed by atoms with Crippen LogP contribution >= 0.6 is 0 Å². The van der Waals surface area contributed by atoms with E-state index in [1.807, 2.05) is 0 Å². The number of hydrogen-bond acceptors (Lipinski definition) is 3. The summed E-state index contributed by atoms with van der Waals surface area (Å²) in [6, 6.07) is 0. The average Bonchev–Trinajstić information content (AvgIpc) is 2.03. The number of nitrogens with zero attached hydrogens (tertiary/aromatic N) is 1. The second kappa shape index (κ2) is 3.73. The van der Waals surface area contributed by atoms with Crippen molar-refractivity contribution in [3.63, 3.8) is 0 Å². The summed E-state index contributed by atoms with van der Waals surface area (Å²) in [5, 5.41) is 9.82. The maximum Gasteiger partial charge on any atom is 0.186 e. The molecule has 12 heavy (non-hydrogen) atoms. The maximum absolute atomic E-state index is 9.82. The van der Waals surface area contributed by atoms with Gasteiger partial charge in [-0.25, -0.2) is 0 Å². The number of nitrogens with two attached hydrogens (primary N) is 2. The molecule has 0 radical (unpaired) electrons. The highest BCUT2D eigenvalue weighted by Gasteiger charge is 2.29. The van der Waals surface area contributed by atoms with Crippen LogP contribution in [0.25, 0.3) is 0 Å². The second-order valence-corrected chi connectivity index (χ2v) is 3.08. The molecule has 1 aliphatic heterocycles. The lowest BCUT2D eigenvalue weighted by Gasteiger charge is -2.30. The first-order valence-corrected chi connectivity index (χ1v) is 3.98. The fourth-order valence-electron chi connectivity index (χ4n) is 1.15. The van der Waals surface area contributed by atoms with E-state index < -0.39 is 5.60 Å². The Labute approximate surface area is 71.4 Å². The zero-order chi connectivity index (χ0) is 9.03. The Morgan fingerprint density at radius 2 is 2.00 bits per heavy atom. The topological polar surface area (TPSA) is 93.9 Å². The molecule has 0 spiro atoms. The lowest BCUT2D eigenvalue weighted by atomic mass is 9.95. The molecular weight excluding hydrogens is 158 g/mol. The van der Waals surface area contributed by atoms with Crippen molar-refractivity contribution in [2.24, 2.45) is 16.5 Å². The first-order chi connectivity index (χ1) is 5.62. The standard InChI is InChI=1S/C7H15N3O2/c8-6(9)10-5-7(11)1-3-12-4-2-7/h11H,1-5H2,(H4,8,9,10). The summed E-state index contributed by atoms with van der Waals surface area (Å²) in [6.45, 7) is 1.44. The molecule has 5 nitrogen and oxygen atoms in total. The van der Waals surface area contributed by atoms with Gasteiger partial charge in [0, 0.05) is 26.1 Å². The van der Waals surface area contributed by atoms with E-state index >= 15 is 0 Å². The Morgan fingerprint density at radius 3 is 2.50 bits per heavy atom. The van der Waals surface area contributed by atoms with Gasteiger partial charge in [0.1, 0.15) is 0 Å². The first-order valence-electron chi connectivity index (χ1n) is 3.98. The second-order valence-electron chi connectivity index (χ2n) is 3.08. The fourth-order valence-corrected chi connectivity index (χ4v) is 1.15. The molecule has 0 unspecified atom stereocenters. The molecule has 1 heterocycles. The SMILES string of the molecule is NC(N)=NCC1(O)CCOCC1. The third-order valence-corrected chi connectivity index (χ3v) is 1.98. The van der Waals surface area contributed by atoms with E-state index in [0.717, 1.165) is 0 Å². The Balaban J connectivity index is 2.41. The molecule has 5 heteroatoms. The predicted octanol–water partition coefficient (Wildman–Crippen LogP) is -1.20. The summed E-state index contributed by atoms with van der Waals surface area (Å²) < 4.78 is 5.10. The van der Waals surface area contributed by atoms with Crippen molar-refractivity contribution < 1.29 is 9.84 Å². The number of hydrogen-bond donors (Lipinski definition) is 3. The van der Waals surface area contributed by atoms with Crippen LogP contribution in [0.15, 0.2) is 4.99 Å². The van der Waals surface area contributed by atoms with Crippen molar-refractivity contribution >= 4 is 5.96 Å². The summed E-state index contributed by atoms with van der Waals surface area (Å²) in [5.41, 5.74) is 9.55. The average molecular weight is 173 g/mol. The fraction of sp³-hybridized carbons (Fsp3) is 0.857. The van der Waals surface area contributed by atoms with E-state index in [9.17, 15) is 5.11 Å². The van der Waals surface area contributed by atoms with Crippen LogP contribution in [0.2, 0.25) is 0 Å². The van der Waals surface area contributed by atoms with Crippen LogP contribution in [0.4, 0.5) is 0 Å². The van der Waals surface area contributed by atoms with Gasteiger partial charge in [0.2, 0.25) is 0 Å². The Kier molecular flexibility index (Phi) is 2.88. The highest BCUT2D eigenvalue weighted by Crippen LogP contribution is 2.20. The maximum atomic E-state index is 9.82. The molecule has 1 fully saturated rings. The normalized spacial score (nSPS) is 21.8. The highest BCUT2D eigenvalue weighted by molar-refractivity contribution is 5.75. The van der Waals surface area contributed by atoms with E-state index in [0.29, 0.717) is 26.1 Å². The molecule has 0 bridgehead atoms. The van der Waals surface area contributed by atoms with Crippen molar-refractivity contribution in [1.82, 2.24) is 0 Å². The lowest BCUT2D eigenvalue weighted by Crippen LogP contribution is -2.40. The van der Waals surface area contributed by atoms with Crippen LogP contribution in [0, 0.1) is 0 Å². The molecule has 0 aromatic rings. The smallest absolute Gasteiger partial charge is 0.186 e. The summed E-state index contributed by atoms with van der Waals surface area (Å²) >= 11 is 0. The van der Waals surface area contributed by atoms with E-state index in [1.165, 1.54) is 0 Å². The molecule has 0 aromatic heterocycles. The number of aliphatic imine (C=N–C) groups is 1. The van der Waals surface area contributed by atoms with Crippen molar-refractivity contribution in [2.75, 3.05) is 19.8 Å². The van der Waals surface area contributed by atoms with Gasteiger partial charge >= 0.3 is 0 Å². The third-order valence-electron chi connectivity index (χ3n) is 1.98. The molecule has 1 rings (SSSR count). The Hall–Kier alpha value is -0.810. The Bertz CT molecular complexity index is 171. The van der Waals surface area contributed by atoms with Crippen LogP contribution < -0.4 is 11.5 Å². The predicted molar refractivity (Wildman–Crippen MR) is 45.7 cm³/mol. The van der Waals surface area contributed by atoms with Crippen molar-refractivity contribution in [1.29, 1.82) is 0 Å². The molecule has 0 amide bonds. The van der Waals surface area contributed by atoms with E-state index in [-0.39, 0.29) is 12.5 Å². The van der Waals surface area contributed by atoms with Gasteiger partial charge in [-0.1, -0.05) is 0 Å². The van der Waals surface area contributed by atoms with E-state index in [4.69, 9.17) is 16.2 Å². The van der Waals surface area contributed by atoms with Crippen LogP contribution in [0.3, 0.4) is 0 Å². The van der Waals surface area contributed by atoms with E-state index in [2.05, 4.69) is 4.99 Å². The quantitative estimate of drug-likeness (QED) is 0.361. The van der Waals surface area contributed by atoms with Crippen LogP contribution in [0.1, 0.15) is 12.8 Å². The minimum Gasteiger partial charge on any atom is -0.388 e. The summed E-state index contributed by atoms with van der Waals surface area (Å²) in [7, 11) is 0. The largest absolute Gasteiger partial charge is 0.388 e. The van der Waals surface area contributed by atoms with Crippen molar-refractivity contribution in [3.8, 4) is 0 Å². The molecule has 0 aliphatic carbocycles. The Morgan fingerprint density at radius 1 is 1.42 bits per heavy atom. The van der Waals surface area contributed by atoms with Gasteiger partial charge < -0.3 is 21.3 Å². The first kappa shape index (κ1) is 9.28. The van der Waals surface area contributed by atoms with E-state index in [1.54, 1.807) is 0 Å². The van der Waals surface area contributed by atoms with Gasteiger partial charge in [0.05, 0.1) is 12.1 Å². The summed E-state index contributed by atoms with van der Waals surface area (Å²) in [6.07, 6.45) is 1.20. The van der Waals surface area contributed by atoms with Gasteiger partial charge in [-0.15, -0.1) is 0 Å². The molecule has 0 aromatic carbocycles. The third kappa shape index (κ3) is 2.67. The molecule has 5 N–H and O–H groups in total. The van der Waals surface area contributed by atoms with Crippen LogP contribution in [-0.2, 0) is 4.74 Å². The minimum atomic E-state index is -0.762. The number of aliphatic hydroxyl groups is 1. The monoisotopic (exact) mass is 173 g/mol. The molecule has 0 saturated carbocycles. The van der Waals surface area contributed by atoms with Crippen LogP contribution in [-0.4, -0.2) is 36.4 Å². The summed E-state index contributed by atoms with van der Waals surface area (Å²) in [5.74, 6) is 0.0231. The molecule has 1 aliphatic rings. The molecule has 70 valence electrons. The van der Waals surface area contributed by atoms with Gasteiger partial charge in [-0.2, -0.15) is 0 Å². The highest BCUT2D eigenvalue weighted by atomic mass is 16.5. The lowest BCUT2D eigenvalue weighted by molar-refractivity contribution is -0.0565. The van der Waals surface area contributed by atoms with Gasteiger partial charge in [-0.3, -0.25) is 4.99 Å². The molecule has 1 saturated heterocycles. The number of guanidine groups is 1. The van der Waals surface area contributed by atoms with Gasteiger partial charge in [0.25, 0.3) is 0 Å². The van der Waals surface area contributed by atoms with Crippen LogP contribution in [0.5, 0.6) is 0 Å². The molecule has 0 atom stereocenters.